The van der Waals surface area contributed by atoms with Gasteiger partial charge in [0.25, 0.3) is 0 Å². The van der Waals surface area contributed by atoms with Crippen molar-refractivity contribution in [1.82, 2.24) is 9.80 Å². The van der Waals surface area contributed by atoms with Crippen molar-refractivity contribution in [2.24, 2.45) is 0 Å². The molecule has 0 radical (unpaired) electrons. The van der Waals surface area contributed by atoms with E-state index in [9.17, 15) is 0 Å². The Labute approximate surface area is 134 Å². The van der Waals surface area contributed by atoms with E-state index in [0.717, 1.165) is 17.5 Å². The molecule has 1 saturated carbocycles. The summed E-state index contributed by atoms with van der Waals surface area (Å²) in [5.41, 5.74) is 1.40. The highest BCUT2D eigenvalue weighted by Crippen LogP contribution is 2.24. The molecule has 3 rings (SSSR count). The largest absolute Gasteiger partial charge is 0.302 e. The van der Waals surface area contributed by atoms with Gasteiger partial charge in [-0.05, 0) is 56.5 Å². The second-order valence-electron chi connectivity index (χ2n) is 6.55. The molecule has 21 heavy (non-hydrogen) atoms. The Kier molecular flexibility index (Phi) is 5.56. The van der Waals surface area contributed by atoms with Gasteiger partial charge < -0.3 is 4.90 Å². The van der Waals surface area contributed by atoms with E-state index in [-0.39, 0.29) is 0 Å². The van der Waals surface area contributed by atoms with Crippen molar-refractivity contribution in [3.05, 3.63) is 34.9 Å². The summed E-state index contributed by atoms with van der Waals surface area (Å²) in [4.78, 5) is 5.40. The van der Waals surface area contributed by atoms with Crippen LogP contribution < -0.4 is 0 Å². The standard InChI is InChI=1S/C18H27ClN2/c19-17-8-6-16(7-9-17)10-13-20-11-3-12-21(15-14-20)18-4-1-2-5-18/h6-9,18H,1-5,10-15H2. The summed E-state index contributed by atoms with van der Waals surface area (Å²) in [7, 11) is 0. The zero-order valence-electron chi connectivity index (χ0n) is 12.9. The maximum absolute atomic E-state index is 5.94. The highest BCUT2D eigenvalue weighted by Gasteiger charge is 2.24. The van der Waals surface area contributed by atoms with Crippen LogP contribution >= 0.6 is 11.6 Å². The molecule has 1 aliphatic heterocycles. The third kappa shape index (κ3) is 4.45. The van der Waals surface area contributed by atoms with Crippen LogP contribution in [0.15, 0.2) is 24.3 Å². The third-order valence-corrected chi connectivity index (χ3v) is 5.35. The molecule has 2 aliphatic rings. The van der Waals surface area contributed by atoms with Gasteiger partial charge in [-0.1, -0.05) is 36.6 Å². The molecule has 0 amide bonds. The van der Waals surface area contributed by atoms with Gasteiger partial charge in [0.05, 0.1) is 0 Å². The zero-order chi connectivity index (χ0) is 14.5. The molecular weight excluding hydrogens is 280 g/mol. The van der Waals surface area contributed by atoms with Crippen LogP contribution in [-0.4, -0.2) is 48.6 Å². The van der Waals surface area contributed by atoms with E-state index < -0.39 is 0 Å². The molecule has 3 heteroatoms. The van der Waals surface area contributed by atoms with Gasteiger partial charge in [0.2, 0.25) is 0 Å². The van der Waals surface area contributed by atoms with Gasteiger partial charge in [-0.25, -0.2) is 0 Å². The van der Waals surface area contributed by atoms with Crippen molar-refractivity contribution < 1.29 is 0 Å². The molecule has 1 heterocycles. The molecular formula is C18H27ClN2. The van der Waals surface area contributed by atoms with Crippen molar-refractivity contribution in [2.45, 2.75) is 44.6 Å². The fourth-order valence-corrected chi connectivity index (χ4v) is 3.91. The molecule has 0 atom stereocenters. The minimum absolute atomic E-state index is 0.834. The van der Waals surface area contributed by atoms with E-state index in [1.807, 2.05) is 12.1 Å². The summed E-state index contributed by atoms with van der Waals surface area (Å²) in [6.07, 6.45) is 8.23. The predicted molar refractivity (Wildman–Crippen MR) is 90.0 cm³/mol. The number of halogens is 1. The van der Waals surface area contributed by atoms with E-state index in [4.69, 9.17) is 11.6 Å². The van der Waals surface area contributed by atoms with Crippen LogP contribution in [0.2, 0.25) is 5.02 Å². The second-order valence-corrected chi connectivity index (χ2v) is 6.98. The van der Waals surface area contributed by atoms with Gasteiger partial charge in [0, 0.05) is 30.7 Å². The molecule has 1 aliphatic carbocycles. The first-order valence-electron chi connectivity index (χ1n) is 8.52. The Morgan fingerprint density at radius 3 is 2.43 bits per heavy atom. The second kappa shape index (κ2) is 7.62. The summed E-state index contributed by atoms with van der Waals surface area (Å²) in [5, 5.41) is 0.834. The van der Waals surface area contributed by atoms with Crippen molar-refractivity contribution >= 4 is 11.6 Å². The fourth-order valence-electron chi connectivity index (χ4n) is 3.79. The first-order valence-corrected chi connectivity index (χ1v) is 8.90. The molecule has 2 fully saturated rings. The molecule has 1 aromatic carbocycles. The Bertz CT molecular complexity index is 425. The van der Waals surface area contributed by atoms with Crippen LogP contribution in [-0.2, 0) is 6.42 Å². The Hall–Kier alpha value is -0.570. The molecule has 0 N–H and O–H groups in total. The lowest BCUT2D eigenvalue weighted by molar-refractivity contribution is 0.200. The summed E-state index contributed by atoms with van der Waals surface area (Å²) < 4.78 is 0. The molecule has 0 unspecified atom stereocenters. The molecule has 1 aromatic rings. The third-order valence-electron chi connectivity index (χ3n) is 5.09. The Balaban J connectivity index is 1.45. The zero-order valence-corrected chi connectivity index (χ0v) is 13.7. The molecule has 116 valence electrons. The fraction of sp³-hybridized carbons (Fsp3) is 0.667. The number of hydrogen-bond donors (Lipinski definition) is 0. The highest BCUT2D eigenvalue weighted by molar-refractivity contribution is 6.30. The maximum atomic E-state index is 5.94. The van der Waals surface area contributed by atoms with Gasteiger partial charge in [-0.2, -0.15) is 0 Å². The topological polar surface area (TPSA) is 6.48 Å². The summed E-state index contributed by atoms with van der Waals surface area (Å²) >= 11 is 5.94. The van der Waals surface area contributed by atoms with Crippen molar-refractivity contribution in [1.29, 1.82) is 0 Å². The first-order chi connectivity index (χ1) is 10.3. The van der Waals surface area contributed by atoms with E-state index in [0.29, 0.717) is 0 Å². The van der Waals surface area contributed by atoms with Crippen LogP contribution in [0.25, 0.3) is 0 Å². The van der Waals surface area contributed by atoms with Gasteiger partial charge in [0.15, 0.2) is 0 Å². The number of benzene rings is 1. The van der Waals surface area contributed by atoms with Crippen LogP contribution in [0.1, 0.15) is 37.7 Å². The summed E-state index contributed by atoms with van der Waals surface area (Å²) in [6.45, 7) is 6.26. The normalized spacial score (nSPS) is 22.5. The van der Waals surface area contributed by atoms with Gasteiger partial charge in [0.1, 0.15) is 0 Å². The molecule has 0 bridgehead atoms. The van der Waals surface area contributed by atoms with Crippen LogP contribution in [0, 0.1) is 0 Å². The number of hydrogen-bond acceptors (Lipinski definition) is 2. The summed E-state index contributed by atoms with van der Waals surface area (Å²) in [6, 6.07) is 9.21. The van der Waals surface area contributed by atoms with Crippen LogP contribution in [0.4, 0.5) is 0 Å². The average Bonchev–Trinajstić information content (AvgIpc) is 2.93. The first kappa shape index (κ1) is 15.3. The van der Waals surface area contributed by atoms with Crippen LogP contribution in [0.5, 0.6) is 0 Å². The number of rotatable bonds is 4. The van der Waals surface area contributed by atoms with E-state index in [1.165, 1.54) is 70.4 Å². The van der Waals surface area contributed by atoms with E-state index >= 15 is 0 Å². The van der Waals surface area contributed by atoms with Crippen molar-refractivity contribution in [2.75, 3.05) is 32.7 Å². The SMILES string of the molecule is Clc1ccc(CCN2CCCN(C3CCCC3)CC2)cc1. The lowest BCUT2D eigenvalue weighted by Crippen LogP contribution is -2.37. The highest BCUT2D eigenvalue weighted by atomic mass is 35.5. The molecule has 0 spiro atoms. The minimum atomic E-state index is 0.834. The molecule has 1 saturated heterocycles. The summed E-state index contributed by atoms with van der Waals surface area (Å²) in [5.74, 6) is 0. The Morgan fingerprint density at radius 2 is 1.67 bits per heavy atom. The monoisotopic (exact) mass is 306 g/mol. The van der Waals surface area contributed by atoms with Gasteiger partial charge in [-0.3, -0.25) is 4.90 Å². The smallest absolute Gasteiger partial charge is 0.0406 e. The molecule has 0 aromatic heterocycles. The quantitative estimate of drug-likeness (QED) is 0.834. The van der Waals surface area contributed by atoms with E-state index in [1.54, 1.807) is 0 Å². The van der Waals surface area contributed by atoms with Crippen molar-refractivity contribution in [3.8, 4) is 0 Å². The van der Waals surface area contributed by atoms with Crippen LogP contribution in [0.3, 0.4) is 0 Å². The van der Waals surface area contributed by atoms with E-state index in [2.05, 4.69) is 21.9 Å². The van der Waals surface area contributed by atoms with Crippen molar-refractivity contribution in [3.63, 3.8) is 0 Å². The lowest BCUT2D eigenvalue weighted by atomic mass is 10.1. The van der Waals surface area contributed by atoms with Gasteiger partial charge in [-0.15, -0.1) is 0 Å². The van der Waals surface area contributed by atoms with Gasteiger partial charge >= 0.3 is 0 Å². The number of nitrogens with zero attached hydrogens (tertiary/aromatic N) is 2. The Morgan fingerprint density at radius 1 is 0.905 bits per heavy atom. The predicted octanol–water partition coefficient (Wildman–Crippen LogP) is 3.83. The minimum Gasteiger partial charge on any atom is -0.302 e. The molecule has 2 nitrogen and oxygen atoms in total. The lowest BCUT2D eigenvalue weighted by Gasteiger charge is -2.27. The average molecular weight is 307 g/mol. The maximum Gasteiger partial charge on any atom is 0.0406 e.